The first-order valence-electron chi connectivity index (χ1n) is 10.7. The average Bonchev–Trinajstić information content (AvgIpc) is 3.41. The van der Waals surface area contributed by atoms with Crippen molar-refractivity contribution in [3.63, 3.8) is 0 Å². The summed E-state index contributed by atoms with van der Waals surface area (Å²) in [6.45, 7) is 3.04. The number of para-hydroxylation sites is 1. The molecule has 2 heterocycles. The second kappa shape index (κ2) is 9.91. The number of aromatic nitrogens is 2. The molecule has 8 heteroatoms. The number of benzene rings is 2. The number of nitrogens with one attached hydrogen (secondary N) is 1. The van der Waals surface area contributed by atoms with E-state index >= 15 is 0 Å². The normalized spacial score (nSPS) is 15.7. The van der Waals surface area contributed by atoms with Gasteiger partial charge in [0.15, 0.2) is 11.6 Å². The summed E-state index contributed by atoms with van der Waals surface area (Å²) < 4.78 is 40.6. The molecule has 2 aromatic carbocycles. The maximum atomic E-state index is 14.3. The molecule has 0 saturated carbocycles. The molecule has 0 aliphatic carbocycles. The van der Waals surface area contributed by atoms with Crippen molar-refractivity contribution in [3.05, 3.63) is 71.4 Å². The zero-order valence-corrected chi connectivity index (χ0v) is 17.8. The van der Waals surface area contributed by atoms with E-state index in [1.54, 1.807) is 4.68 Å². The van der Waals surface area contributed by atoms with E-state index in [1.165, 1.54) is 6.07 Å². The number of carbonyl (C=O) groups is 1. The topological polar surface area (TPSA) is 65.4 Å². The van der Waals surface area contributed by atoms with Crippen LogP contribution in [-0.4, -0.2) is 34.9 Å². The molecule has 1 N–H and O–H groups in total. The quantitative estimate of drug-likeness (QED) is 0.560. The summed E-state index contributed by atoms with van der Waals surface area (Å²) in [5, 5.41) is 7.46. The van der Waals surface area contributed by atoms with E-state index in [0.29, 0.717) is 30.1 Å². The zero-order chi connectivity index (χ0) is 22.5. The van der Waals surface area contributed by atoms with E-state index in [2.05, 4.69) is 10.4 Å². The van der Waals surface area contributed by atoms with E-state index in [-0.39, 0.29) is 24.2 Å². The minimum absolute atomic E-state index is 0.0712. The van der Waals surface area contributed by atoms with Crippen molar-refractivity contribution in [3.8, 4) is 17.3 Å². The molecule has 168 valence electrons. The molecule has 1 fully saturated rings. The molecule has 1 amide bonds. The molecule has 3 aromatic rings. The van der Waals surface area contributed by atoms with Gasteiger partial charge >= 0.3 is 0 Å². The summed E-state index contributed by atoms with van der Waals surface area (Å²) in [7, 11) is 0. The number of rotatable bonds is 8. The van der Waals surface area contributed by atoms with Crippen LogP contribution in [0.1, 0.15) is 30.5 Å². The molecule has 32 heavy (non-hydrogen) atoms. The van der Waals surface area contributed by atoms with Gasteiger partial charge in [0.1, 0.15) is 5.82 Å². The van der Waals surface area contributed by atoms with Crippen molar-refractivity contribution >= 4 is 5.91 Å². The highest BCUT2D eigenvalue weighted by molar-refractivity contribution is 5.76. The van der Waals surface area contributed by atoms with Crippen LogP contribution in [0.4, 0.5) is 8.78 Å². The van der Waals surface area contributed by atoms with Crippen LogP contribution in [0.5, 0.6) is 11.6 Å². The monoisotopic (exact) mass is 441 g/mol. The highest BCUT2D eigenvalue weighted by Crippen LogP contribution is 2.33. The molecule has 0 bridgehead atoms. The first-order valence-corrected chi connectivity index (χ1v) is 10.7. The Morgan fingerprint density at radius 3 is 2.78 bits per heavy atom. The number of halogens is 2. The Hall–Kier alpha value is -3.26. The molecule has 1 aromatic heterocycles. The number of hydrogen-bond donors (Lipinski definition) is 1. The third-order valence-corrected chi connectivity index (χ3v) is 5.39. The lowest BCUT2D eigenvalue weighted by molar-refractivity contribution is -0.121. The molecule has 1 aliphatic rings. The Morgan fingerprint density at radius 2 is 2.06 bits per heavy atom. The van der Waals surface area contributed by atoms with Gasteiger partial charge in [-0.2, -0.15) is 5.10 Å². The van der Waals surface area contributed by atoms with E-state index < -0.39 is 11.6 Å². The summed E-state index contributed by atoms with van der Waals surface area (Å²) >= 11 is 0. The number of hydrogen-bond acceptors (Lipinski definition) is 4. The molecule has 0 spiro atoms. The standard InChI is InChI=1S/C24H25F2N3O3/c1-16-20(10-12-23(30)27-15-19-8-5-13-31-19)24(29(28-16)18-6-3-2-4-7-18)32-22-11-9-17(25)14-21(22)26/h2-4,6-7,9,11,14,19H,5,8,10,12-13,15H2,1H3,(H,27,30)/t19-/m0/s1. The van der Waals surface area contributed by atoms with E-state index in [1.807, 2.05) is 37.3 Å². The van der Waals surface area contributed by atoms with Crippen LogP contribution in [0, 0.1) is 18.6 Å². The largest absolute Gasteiger partial charge is 0.436 e. The summed E-state index contributed by atoms with van der Waals surface area (Å²) in [5.41, 5.74) is 2.07. The fourth-order valence-corrected chi connectivity index (χ4v) is 3.70. The van der Waals surface area contributed by atoms with Crippen LogP contribution in [0.3, 0.4) is 0 Å². The van der Waals surface area contributed by atoms with Gasteiger partial charge in [0.2, 0.25) is 11.8 Å². The van der Waals surface area contributed by atoms with Gasteiger partial charge in [-0.25, -0.2) is 13.5 Å². The van der Waals surface area contributed by atoms with E-state index in [0.717, 1.165) is 37.3 Å². The molecule has 0 unspecified atom stereocenters. The fraction of sp³-hybridized carbons (Fsp3) is 0.333. The lowest BCUT2D eigenvalue weighted by Crippen LogP contribution is -2.31. The van der Waals surface area contributed by atoms with Gasteiger partial charge in [-0.15, -0.1) is 0 Å². The summed E-state index contributed by atoms with van der Waals surface area (Å²) in [4.78, 5) is 12.4. The Balaban J connectivity index is 1.56. The highest BCUT2D eigenvalue weighted by atomic mass is 19.1. The van der Waals surface area contributed by atoms with Crippen molar-refractivity contribution in [1.82, 2.24) is 15.1 Å². The van der Waals surface area contributed by atoms with Crippen LogP contribution in [0.2, 0.25) is 0 Å². The maximum Gasteiger partial charge on any atom is 0.226 e. The predicted molar refractivity (Wildman–Crippen MR) is 115 cm³/mol. The van der Waals surface area contributed by atoms with Gasteiger partial charge in [-0.1, -0.05) is 18.2 Å². The summed E-state index contributed by atoms with van der Waals surface area (Å²) in [6, 6.07) is 12.4. The van der Waals surface area contributed by atoms with Crippen molar-refractivity contribution in [1.29, 1.82) is 0 Å². The lowest BCUT2D eigenvalue weighted by Gasteiger charge is -2.13. The Bertz CT molecular complexity index is 1080. The predicted octanol–water partition coefficient (Wildman–Crippen LogP) is 4.48. The molecular formula is C24H25F2N3O3. The minimum atomic E-state index is -0.816. The van der Waals surface area contributed by atoms with Crippen molar-refractivity contribution in [2.45, 2.75) is 38.7 Å². The molecule has 1 atom stereocenters. The van der Waals surface area contributed by atoms with Crippen LogP contribution >= 0.6 is 0 Å². The lowest BCUT2D eigenvalue weighted by atomic mass is 10.1. The first kappa shape index (κ1) is 22.0. The first-order chi connectivity index (χ1) is 15.5. The Kier molecular flexibility index (Phi) is 6.80. The Labute approximate surface area is 185 Å². The maximum absolute atomic E-state index is 14.3. The third kappa shape index (κ3) is 5.13. The van der Waals surface area contributed by atoms with Gasteiger partial charge in [0.25, 0.3) is 0 Å². The van der Waals surface area contributed by atoms with Crippen LogP contribution < -0.4 is 10.1 Å². The molecular weight excluding hydrogens is 416 g/mol. The van der Waals surface area contributed by atoms with Crippen molar-refractivity contribution in [2.24, 2.45) is 0 Å². The van der Waals surface area contributed by atoms with Gasteiger partial charge < -0.3 is 14.8 Å². The SMILES string of the molecule is Cc1nn(-c2ccccc2)c(Oc2ccc(F)cc2F)c1CCC(=O)NC[C@@H]1CCCO1. The second-order valence-corrected chi connectivity index (χ2v) is 7.73. The van der Waals surface area contributed by atoms with Gasteiger partial charge in [0, 0.05) is 31.2 Å². The minimum Gasteiger partial charge on any atom is -0.436 e. The van der Waals surface area contributed by atoms with Gasteiger partial charge in [0.05, 0.1) is 17.5 Å². The highest BCUT2D eigenvalue weighted by Gasteiger charge is 2.22. The summed E-state index contributed by atoms with van der Waals surface area (Å²) in [5.74, 6) is -1.43. The molecule has 1 aliphatic heterocycles. The number of amides is 1. The third-order valence-electron chi connectivity index (χ3n) is 5.39. The number of carbonyl (C=O) groups excluding carboxylic acids is 1. The van der Waals surface area contributed by atoms with Crippen molar-refractivity contribution in [2.75, 3.05) is 13.2 Å². The molecule has 0 radical (unpaired) electrons. The average molecular weight is 441 g/mol. The van der Waals surface area contributed by atoms with Crippen LogP contribution in [0.25, 0.3) is 5.69 Å². The zero-order valence-electron chi connectivity index (χ0n) is 17.8. The molecule has 1 saturated heterocycles. The number of ether oxygens (including phenoxy) is 2. The number of aryl methyl sites for hydroxylation is 1. The van der Waals surface area contributed by atoms with Crippen LogP contribution in [-0.2, 0) is 16.0 Å². The second-order valence-electron chi connectivity index (χ2n) is 7.73. The van der Waals surface area contributed by atoms with Gasteiger partial charge in [-0.05, 0) is 50.5 Å². The van der Waals surface area contributed by atoms with Crippen molar-refractivity contribution < 1.29 is 23.0 Å². The van der Waals surface area contributed by atoms with E-state index in [9.17, 15) is 13.6 Å². The van der Waals surface area contributed by atoms with E-state index in [4.69, 9.17) is 9.47 Å². The van der Waals surface area contributed by atoms with Crippen LogP contribution in [0.15, 0.2) is 48.5 Å². The molecule has 4 rings (SSSR count). The smallest absolute Gasteiger partial charge is 0.226 e. The summed E-state index contributed by atoms with van der Waals surface area (Å²) in [6.07, 6.45) is 2.61. The van der Waals surface area contributed by atoms with Gasteiger partial charge in [-0.3, -0.25) is 4.79 Å². The number of nitrogens with zero attached hydrogens (tertiary/aromatic N) is 2. The Morgan fingerprint density at radius 1 is 1.25 bits per heavy atom. The molecule has 6 nitrogen and oxygen atoms in total. The fourth-order valence-electron chi connectivity index (χ4n) is 3.70.